The highest BCUT2D eigenvalue weighted by molar-refractivity contribution is 7.99. The fourth-order valence-electron chi connectivity index (χ4n) is 3.27. The van der Waals surface area contributed by atoms with Gasteiger partial charge in [-0.3, -0.25) is 4.79 Å². The molecule has 32 heavy (non-hydrogen) atoms. The van der Waals surface area contributed by atoms with Gasteiger partial charge in [0.05, 0.1) is 16.8 Å². The number of benzene rings is 3. The van der Waals surface area contributed by atoms with E-state index < -0.39 is 0 Å². The number of carbonyl (C=O) groups is 1. The summed E-state index contributed by atoms with van der Waals surface area (Å²) in [6, 6.07) is 21.6. The van der Waals surface area contributed by atoms with Crippen LogP contribution in [0.5, 0.6) is 5.75 Å². The molecule has 0 aliphatic heterocycles. The van der Waals surface area contributed by atoms with Crippen molar-refractivity contribution in [3.63, 3.8) is 0 Å². The van der Waals surface area contributed by atoms with Gasteiger partial charge in [-0.05, 0) is 41.5 Å². The molecule has 8 heteroatoms. The number of hydrogen-bond donors (Lipinski definition) is 1. The van der Waals surface area contributed by atoms with Crippen molar-refractivity contribution in [3.05, 3.63) is 83.1 Å². The number of nitrogens with zero attached hydrogens (tertiary/aromatic N) is 3. The van der Waals surface area contributed by atoms with Crippen LogP contribution in [0.4, 0.5) is 0 Å². The molecule has 1 heterocycles. The van der Waals surface area contributed by atoms with Crippen LogP contribution < -0.4 is 10.1 Å². The van der Waals surface area contributed by atoms with Crippen molar-refractivity contribution in [2.75, 3.05) is 5.75 Å². The van der Waals surface area contributed by atoms with Gasteiger partial charge in [0.1, 0.15) is 12.4 Å². The van der Waals surface area contributed by atoms with E-state index in [4.69, 9.17) is 16.3 Å². The third kappa shape index (κ3) is 5.23. The van der Waals surface area contributed by atoms with E-state index in [1.807, 2.05) is 48.9 Å². The van der Waals surface area contributed by atoms with Gasteiger partial charge >= 0.3 is 0 Å². The van der Waals surface area contributed by atoms with Crippen LogP contribution in [0, 0.1) is 0 Å². The summed E-state index contributed by atoms with van der Waals surface area (Å²) in [6.45, 7) is 2.22. The molecule has 4 rings (SSSR count). The minimum atomic E-state index is -0.0909. The van der Waals surface area contributed by atoms with Gasteiger partial charge in [-0.25, -0.2) is 0 Å². The zero-order chi connectivity index (χ0) is 22.5. The molecule has 0 saturated carbocycles. The summed E-state index contributed by atoms with van der Waals surface area (Å²) in [6.07, 6.45) is 0. The Morgan fingerprint density at radius 2 is 1.84 bits per heavy atom. The SMILES string of the molecule is C[C@H](NC(=O)CSc1nnc(COc2ccccc2Cl)n1C)c1ccc2ccccc2c1. The Labute approximate surface area is 195 Å². The molecular formula is C24H23ClN4O2S. The van der Waals surface area contributed by atoms with Crippen LogP contribution in [0.3, 0.4) is 0 Å². The van der Waals surface area contributed by atoms with Crippen LogP contribution in [0.25, 0.3) is 10.8 Å². The lowest BCUT2D eigenvalue weighted by atomic mass is 10.0. The van der Waals surface area contributed by atoms with Gasteiger partial charge in [-0.2, -0.15) is 0 Å². The number of rotatable bonds is 8. The molecule has 0 saturated heterocycles. The molecule has 4 aromatic rings. The molecule has 0 aliphatic rings. The van der Waals surface area contributed by atoms with Gasteiger partial charge in [-0.1, -0.05) is 71.9 Å². The van der Waals surface area contributed by atoms with E-state index in [0.717, 1.165) is 10.9 Å². The molecule has 0 spiro atoms. The summed E-state index contributed by atoms with van der Waals surface area (Å²) >= 11 is 7.45. The highest BCUT2D eigenvalue weighted by Gasteiger charge is 2.15. The van der Waals surface area contributed by atoms with Crippen LogP contribution in [0.15, 0.2) is 71.9 Å². The smallest absolute Gasteiger partial charge is 0.230 e. The number of amides is 1. The largest absolute Gasteiger partial charge is 0.484 e. The van der Waals surface area contributed by atoms with E-state index in [9.17, 15) is 4.79 Å². The third-order valence-corrected chi connectivity index (χ3v) is 6.43. The van der Waals surface area contributed by atoms with E-state index in [1.165, 1.54) is 17.1 Å². The van der Waals surface area contributed by atoms with Crippen molar-refractivity contribution in [2.45, 2.75) is 24.7 Å². The lowest BCUT2D eigenvalue weighted by molar-refractivity contribution is -0.119. The van der Waals surface area contributed by atoms with Gasteiger partial charge in [0.25, 0.3) is 0 Å². The number of para-hydroxylation sites is 1. The van der Waals surface area contributed by atoms with Crippen molar-refractivity contribution in [1.29, 1.82) is 0 Å². The van der Waals surface area contributed by atoms with Crippen LogP contribution in [0.1, 0.15) is 24.4 Å². The number of nitrogens with one attached hydrogen (secondary N) is 1. The maximum atomic E-state index is 12.5. The van der Waals surface area contributed by atoms with Crippen molar-refractivity contribution < 1.29 is 9.53 Å². The molecule has 0 aliphatic carbocycles. The third-order valence-electron chi connectivity index (χ3n) is 5.10. The molecule has 0 fully saturated rings. The topological polar surface area (TPSA) is 69.0 Å². The second-order valence-corrected chi connectivity index (χ2v) is 8.71. The number of hydrogen-bond acceptors (Lipinski definition) is 5. The maximum absolute atomic E-state index is 12.5. The van der Waals surface area contributed by atoms with Gasteiger partial charge < -0.3 is 14.6 Å². The van der Waals surface area contributed by atoms with Gasteiger partial charge in [-0.15, -0.1) is 10.2 Å². The van der Waals surface area contributed by atoms with E-state index in [-0.39, 0.29) is 24.3 Å². The molecule has 1 N–H and O–H groups in total. The maximum Gasteiger partial charge on any atom is 0.230 e. The molecule has 0 radical (unpaired) electrons. The molecule has 0 unspecified atom stereocenters. The average Bonchev–Trinajstić information content (AvgIpc) is 3.16. The van der Waals surface area contributed by atoms with E-state index in [2.05, 4.69) is 39.8 Å². The zero-order valence-electron chi connectivity index (χ0n) is 17.8. The Morgan fingerprint density at radius 3 is 2.66 bits per heavy atom. The number of carbonyl (C=O) groups excluding carboxylic acids is 1. The number of aromatic nitrogens is 3. The Hall–Kier alpha value is -3.03. The highest BCUT2D eigenvalue weighted by Crippen LogP contribution is 2.25. The Bertz CT molecular complexity index is 1240. The van der Waals surface area contributed by atoms with E-state index in [0.29, 0.717) is 21.8 Å². The Morgan fingerprint density at radius 1 is 1.09 bits per heavy atom. The van der Waals surface area contributed by atoms with Crippen LogP contribution in [0.2, 0.25) is 5.02 Å². The first-order chi connectivity index (χ1) is 15.5. The van der Waals surface area contributed by atoms with Gasteiger partial charge in [0.2, 0.25) is 5.91 Å². The van der Waals surface area contributed by atoms with Crippen molar-refractivity contribution in [1.82, 2.24) is 20.1 Å². The summed E-state index contributed by atoms with van der Waals surface area (Å²) in [4.78, 5) is 12.5. The number of halogens is 1. The fourth-order valence-corrected chi connectivity index (χ4v) is 4.21. The minimum Gasteiger partial charge on any atom is -0.484 e. The monoisotopic (exact) mass is 466 g/mol. The lowest BCUT2D eigenvalue weighted by Crippen LogP contribution is -2.28. The molecule has 1 amide bonds. The van der Waals surface area contributed by atoms with Crippen molar-refractivity contribution in [2.24, 2.45) is 7.05 Å². The summed E-state index contributed by atoms with van der Waals surface area (Å²) in [5.41, 5.74) is 1.07. The summed E-state index contributed by atoms with van der Waals surface area (Å²) in [7, 11) is 1.85. The molecular weight excluding hydrogens is 444 g/mol. The van der Waals surface area contributed by atoms with E-state index in [1.54, 1.807) is 12.1 Å². The fraction of sp³-hybridized carbons (Fsp3) is 0.208. The number of ether oxygens (including phenoxy) is 1. The van der Waals surface area contributed by atoms with E-state index >= 15 is 0 Å². The number of thioether (sulfide) groups is 1. The standard InChI is InChI=1S/C24H23ClN4O2S/c1-16(18-12-11-17-7-3-4-8-19(17)13-18)26-23(30)15-32-24-28-27-22(29(24)2)14-31-21-10-6-5-9-20(21)25/h3-13,16H,14-15H2,1-2H3,(H,26,30)/t16-/m0/s1. The second kappa shape index (κ2) is 10.1. The highest BCUT2D eigenvalue weighted by atomic mass is 35.5. The van der Waals surface area contributed by atoms with Crippen molar-refractivity contribution in [3.8, 4) is 5.75 Å². The quantitative estimate of drug-likeness (QED) is 0.363. The first-order valence-electron chi connectivity index (χ1n) is 10.2. The summed E-state index contributed by atoms with van der Waals surface area (Å²) in [5.74, 6) is 1.42. The molecule has 1 aromatic heterocycles. The molecule has 6 nitrogen and oxygen atoms in total. The van der Waals surface area contributed by atoms with Gasteiger partial charge in [0, 0.05) is 7.05 Å². The lowest BCUT2D eigenvalue weighted by Gasteiger charge is -2.15. The first-order valence-corrected chi connectivity index (χ1v) is 11.5. The summed E-state index contributed by atoms with van der Waals surface area (Å²) in [5, 5.41) is 14.9. The van der Waals surface area contributed by atoms with Crippen LogP contribution >= 0.6 is 23.4 Å². The average molecular weight is 467 g/mol. The Balaban J connectivity index is 1.31. The predicted octanol–water partition coefficient (Wildman–Crippen LogP) is 5.17. The van der Waals surface area contributed by atoms with Crippen LogP contribution in [-0.2, 0) is 18.4 Å². The molecule has 1 atom stereocenters. The zero-order valence-corrected chi connectivity index (χ0v) is 19.4. The minimum absolute atomic E-state index is 0.0625. The summed E-state index contributed by atoms with van der Waals surface area (Å²) < 4.78 is 7.55. The molecule has 3 aromatic carbocycles. The Kier molecular flexibility index (Phi) is 6.97. The first kappa shape index (κ1) is 22.2. The van der Waals surface area contributed by atoms with Crippen LogP contribution in [-0.4, -0.2) is 26.4 Å². The number of fused-ring (bicyclic) bond motifs is 1. The van der Waals surface area contributed by atoms with Crippen molar-refractivity contribution >= 4 is 40.0 Å². The predicted molar refractivity (Wildman–Crippen MR) is 128 cm³/mol. The molecule has 164 valence electrons. The normalized spacial score (nSPS) is 12.0. The second-order valence-electron chi connectivity index (χ2n) is 7.36. The molecule has 0 bridgehead atoms. The van der Waals surface area contributed by atoms with Gasteiger partial charge in [0.15, 0.2) is 11.0 Å².